The summed E-state index contributed by atoms with van der Waals surface area (Å²) in [5.41, 5.74) is 1.13. The van der Waals surface area contributed by atoms with Crippen LogP contribution in [-0.2, 0) is 23.9 Å². The van der Waals surface area contributed by atoms with Crippen molar-refractivity contribution in [2.24, 2.45) is 0 Å². The van der Waals surface area contributed by atoms with Crippen molar-refractivity contribution in [3.8, 4) is 0 Å². The van der Waals surface area contributed by atoms with Crippen molar-refractivity contribution in [3.05, 3.63) is 24.3 Å². The summed E-state index contributed by atoms with van der Waals surface area (Å²) >= 11 is 1.57. The number of benzene rings is 1. The second kappa shape index (κ2) is 7.83. The molecule has 8 nitrogen and oxygen atoms in total. The molecule has 0 aromatic heterocycles. The summed E-state index contributed by atoms with van der Waals surface area (Å²) in [6.07, 6.45) is 0.139. The summed E-state index contributed by atoms with van der Waals surface area (Å²) in [4.78, 5) is 49.3. The van der Waals surface area contributed by atoms with Gasteiger partial charge in [0.25, 0.3) is 5.91 Å². The Bertz CT molecular complexity index is 812. The van der Waals surface area contributed by atoms with Crippen LogP contribution in [0.15, 0.2) is 24.3 Å². The zero-order chi connectivity index (χ0) is 20.5. The van der Waals surface area contributed by atoms with Crippen molar-refractivity contribution in [1.29, 1.82) is 0 Å². The van der Waals surface area contributed by atoms with Gasteiger partial charge in [-0.1, -0.05) is 0 Å². The van der Waals surface area contributed by atoms with Crippen LogP contribution in [0.2, 0.25) is 0 Å². The number of rotatable bonds is 5. The second-order valence-electron chi connectivity index (χ2n) is 7.09. The van der Waals surface area contributed by atoms with Crippen molar-refractivity contribution in [1.82, 2.24) is 4.90 Å². The van der Waals surface area contributed by atoms with Crippen LogP contribution in [-0.4, -0.2) is 51.4 Å². The van der Waals surface area contributed by atoms with Gasteiger partial charge in [0.15, 0.2) is 6.10 Å². The van der Waals surface area contributed by atoms with E-state index < -0.39 is 24.0 Å². The summed E-state index contributed by atoms with van der Waals surface area (Å²) < 4.78 is 5.33. The lowest BCUT2D eigenvalue weighted by atomic mass is 10.2. The predicted octanol–water partition coefficient (Wildman–Crippen LogP) is 1.97. The normalized spacial score (nSPS) is 24.5. The van der Waals surface area contributed by atoms with E-state index in [4.69, 9.17) is 4.74 Å². The number of nitrogens with one attached hydrogen (secondary N) is 2. The van der Waals surface area contributed by atoms with Crippen molar-refractivity contribution < 1.29 is 23.9 Å². The Labute approximate surface area is 167 Å². The molecule has 9 heteroatoms. The Morgan fingerprint density at radius 2 is 1.82 bits per heavy atom. The summed E-state index contributed by atoms with van der Waals surface area (Å²) in [5.74, 6) is -0.794. The van der Waals surface area contributed by atoms with E-state index in [1.54, 1.807) is 40.9 Å². The molecule has 2 aliphatic heterocycles. The van der Waals surface area contributed by atoms with Crippen LogP contribution in [0.4, 0.5) is 11.4 Å². The molecular formula is C19H23N3O5S. The first-order valence-electron chi connectivity index (χ1n) is 9.05. The number of nitrogens with zero attached hydrogens (tertiary/aromatic N) is 1. The monoisotopic (exact) mass is 405 g/mol. The SMILES string of the molecule is CC(=O)Nc1ccc(NC(=O)[C@H](C)OC(=O)[C@@H]2CS[C@@]3(C)CCC(=O)N23)cc1. The molecule has 2 fully saturated rings. The first-order valence-corrected chi connectivity index (χ1v) is 10.0. The lowest BCUT2D eigenvalue weighted by Crippen LogP contribution is -2.48. The molecule has 2 aliphatic rings. The van der Waals surface area contributed by atoms with E-state index in [0.717, 1.165) is 0 Å². The fourth-order valence-electron chi connectivity index (χ4n) is 3.39. The molecule has 2 heterocycles. The number of hydrogen-bond donors (Lipinski definition) is 2. The first-order chi connectivity index (χ1) is 13.2. The largest absolute Gasteiger partial charge is 0.451 e. The second-order valence-corrected chi connectivity index (χ2v) is 8.59. The molecule has 0 bridgehead atoms. The van der Waals surface area contributed by atoms with Crippen molar-refractivity contribution in [2.45, 2.75) is 50.6 Å². The van der Waals surface area contributed by atoms with Gasteiger partial charge in [-0.05, 0) is 44.5 Å². The zero-order valence-corrected chi connectivity index (χ0v) is 16.8. The molecule has 0 aliphatic carbocycles. The molecule has 0 saturated carbocycles. The minimum absolute atomic E-state index is 0.0502. The number of esters is 1. The predicted molar refractivity (Wildman–Crippen MR) is 106 cm³/mol. The van der Waals surface area contributed by atoms with Crippen molar-refractivity contribution in [2.75, 3.05) is 16.4 Å². The van der Waals surface area contributed by atoms with Gasteiger partial charge in [0.1, 0.15) is 6.04 Å². The third kappa shape index (κ3) is 4.14. The Kier molecular flexibility index (Phi) is 5.64. The van der Waals surface area contributed by atoms with E-state index in [1.807, 2.05) is 6.92 Å². The molecule has 2 saturated heterocycles. The van der Waals surface area contributed by atoms with Gasteiger partial charge in [-0.15, -0.1) is 11.8 Å². The number of amides is 3. The fraction of sp³-hybridized carbons (Fsp3) is 0.474. The third-order valence-corrected chi connectivity index (χ3v) is 6.36. The number of ether oxygens (including phenoxy) is 1. The van der Waals surface area contributed by atoms with Gasteiger partial charge in [0.2, 0.25) is 11.8 Å². The summed E-state index contributed by atoms with van der Waals surface area (Å²) in [6, 6.07) is 5.93. The van der Waals surface area contributed by atoms with Crippen LogP contribution in [0.1, 0.15) is 33.6 Å². The lowest BCUT2D eigenvalue weighted by Gasteiger charge is -2.29. The van der Waals surface area contributed by atoms with E-state index >= 15 is 0 Å². The van der Waals surface area contributed by atoms with Gasteiger partial charge in [0.05, 0.1) is 4.87 Å². The Balaban J connectivity index is 1.56. The molecule has 3 amide bonds. The molecule has 2 N–H and O–H groups in total. The number of hydrogen-bond acceptors (Lipinski definition) is 6. The maximum Gasteiger partial charge on any atom is 0.330 e. The van der Waals surface area contributed by atoms with Crippen LogP contribution < -0.4 is 10.6 Å². The molecule has 0 radical (unpaired) electrons. The van der Waals surface area contributed by atoms with E-state index in [1.165, 1.54) is 13.8 Å². The summed E-state index contributed by atoms with van der Waals surface area (Å²) in [7, 11) is 0. The van der Waals surface area contributed by atoms with E-state index in [0.29, 0.717) is 30.0 Å². The van der Waals surface area contributed by atoms with Gasteiger partial charge >= 0.3 is 5.97 Å². The summed E-state index contributed by atoms with van der Waals surface area (Å²) in [6.45, 7) is 4.86. The minimum atomic E-state index is -1.00. The van der Waals surface area contributed by atoms with Gasteiger partial charge < -0.3 is 20.3 Å². The van der Waals surface area contributed by atoms with E-state index in [9.17, 15) is 19.2 Å². The highest BCUT2D eigenvalue weighted by atomic mass is 32.2. The van der Waals surface area contributed by atoms with E-state index in [2.05, 4.69) is 10.6 Å². The lowest BCUT2D eigenvalue weighted by molar-refractivity contribution is -0.160. The third-order valence-electron chi connectivity index (χ3n) is 4.85. The molecule has 3 atom stereocenters. The maximum atomic E-state index is 12.5. The molecule has 0 unspecified atom stereocenters. The highest BCUT2D eigenvalue weighted by molar-refractivity contribution is 8.01. The van der Waals surface area contributed by atoms with Crippen LogP contribution >= 0.6 is 11.8 Å². The van der Waals surface area contributed by atoms with Crippen molar-refractivity contribution in [3.63, 3.8) is 0 Å². The maximum absolute atomic E-state index is 12.5. The molecule has 1 aromatic carbocycles. The van der Waals surface area contributed by atoms with Crippen LogP contribution in [0.25, 0.3) is 0 Å². The topological polar surface area (TPSA) is 105 Å². The Hall–Kier alpha value is -2.55. The highest BCUT2D eigenvalue weighted by Gasteiger charge is 2.53. The molecule has 28 heavy (non-hydrogen) atoms. The molecular weight excluding hydrogens is 382 g/mol. The molecule has 0 spiro atoms. The number of fused-ring (bicyclic) bond motifs is 1. The molecule has 150 valence electrons. The molecule has 3 rings (SSSR count). The quantitative estimate of drug-likeness (QED) is 0.726. The highest BCUT2D eigenvalue weighted by Crippen LogP contribution is 2.47. The van der Waals surface area contributed by atoms with Gasteiger partial charge in [-0.2, -0.15) is 0 Å². The zero-order valence-electron chi connectivity index (χ0n) is 16.0. The van der Waals surface area contributed by atoms with Crippen LogP contribution in [0.5, 0.6) is 0 Å². The average Bonchev–Trinajstić information content (AvgIpc) is 3.12. The number of anilines is 2. The Morgan fingerprint density at radius 1 is 1.21 bits per heavy atom. The number of thioether (sulfide) groups is 1. The van der Waals surface area contributed by atoms with Gasteiger partial charge in [-0.3, -0.25) is 14.4 Å². The first kappa shape index (κ1) is 20.2. The smallest absolute Gasteiger partial charge is 0.330 e. The summed E-state index contributed by atoms with van der Waals surface area (Å²) in [5, 5.41) is 5.30. The van der Waals surface area contributed by atoms with E-state index in [-0.39, 0.29) is 16.7 Å². The standard InChI is InChI=1S/C19H23N3O5S/c1-11(17(25)21-14-6-4-13(5-7-14)20-12(2)23)27-18(26)15-10-28-19(3)9-8-16(24)22(15)19/h4-7,11,15H,8-10H2,1-3H3,(H,20,23)(H,21,25)/t11-,15-,19-/m0/s1. The Morgan fingerprint density at radius 3 is 2.43 bits per heavy atom. The molecule has 1 aromatic rings. The van der Waals surface area contributed by atoms with Gasteiger partial charge in [0, 0.05) is 30.5 Å². The van der Waals surface area contributed by atoms with Gasteiger partial charge in [-0.25, -0.2) is 4.79 Å². The van der Waals surface area contributed by atoms with Crippen molar-refractivity contribution >= 4 is 46.8 Å². The number of carbonyl (C=O) groups excluding carboxylic acids is 4. The number of carbonyl (C=O) groups is 4. The van der Waals surface area contributed by atoms with Crippen LogP contribution in [0.3, 0.4) is 0 Å². The van der Waals surface area contributed by atoms with Crippen LogP contribution in [0, 0.1) is 0 Å². The fourth-order valence-corrected chi connectivity index (χ4v) is 4.80. The average molecular weight is 405 g/mol. The minimum Gasteiger partial charge on any atom is -0.451 e.